The minimum atomic E-state index is -0.362. The van der Waals surface area contributed by atoms with Crippen LogP contribution < -0.4 is 10.1 Å². The van der Waals surface area contributed by atoms with Crippen LogP contribution in [0.1, 0.15) is 24.2 Å². The molecule has 4 nitrogen and oxygen atoms in total. The largest absolute Gasteiger partial charge is 0.497 e. The molecule has 1 aliphatic carbocycles. The van der Waals surface area contributed by atoms with Crippen molar-refractivity contribution in [3.63, 3.8) is 0 Å². The van der Waals surface area contributed by atoms with Gasteiger partial charge in [0.05, 0.1) is 25.3 Å². The molecular weight excluding hydrogens is 254 g/mol. The fourth-order valence-corrected chi connectivity index (χ4v) is 2.43. The summed E-state index contributed by atoms with van der Waals surface area (Å²) in [6, 6.07) is 11.4. The Bertz CT molecular complexity index is 583. The summed E-state index contributed by atoms with van der Waals surface area (Å²) in [6.45, 7) is 0.434. The molecule has 0 atom stereocenters. The number of nitrogens with one attached hydrogen (secondary N) is 1. The zero-order chi connectivity index (χ0) is 14.0. The molecule has 1 aliphatic rings. The Kier molecular flexibility index (Phi) is 3.22. The number of carbonyl (C=O) groups excluding carboxylic acids is 1. The summed E-state index contributed by atoms with van der Waals surface area (Å²) in [6.07, 6.45) is 3.39. The molecule has 3 rings (SSSR count). The molecule has 1 heterocycles. The van der Waals surface area contributed by atoms with Gasteiger partial charge in [-0.3, -0.25) is 4.79 Å². The van der Waals surface area contributed by atoms with E-state index in [9.17, 15) is 4.79 Å². The molecule has 104 valence electrons. The Balaban J connectivity index is 1.69. The molecule has 0 saturated heterocycles. The monoisotopic (exact) mass is 271 g/mol. The van der Waals surface area contributed by atoms with Crippen molar-refractivity contribution in [2.45, 2.75) is 24.8 Å². The molecule has 1 N–H and O–H groups in total. The molecule has 2 aromatic rings. The molecule has 0 spiro atoms. The smallest absolute Gasteiger partial charge is 0.231 e. The molecule has 1 aromatic carbocycles. The van der Waals surface area contributed by atoms with Crippen LogP contribution in [-0.2, 0) is 16.8 Å². The van der Waals surface area contributed by atoms with Crippen molar-refractivity contribution < 1.29 is 13.9 Å². The maximum Gasteiger partial charge on any atom is 0.231 e. The van der Waals surface area contributed by atoms with Crippen molar-refractivity contribution in [2.75, 3.05) is 7.11 Å². The summed E-state index contributed by atoms with van der Waals surface area (Å²) < 4.78 is 10.4. The minimum Gasteiger partial charge on any atom is -0.497 e. The summed E-state index contributed by atoms with van der Waals surface area (Å²) in [7, 11) is 1.64. The van der Waals surface area contributed by atoms with Crippen LogP contribution in [-0.4, -0.2) is 13.0 Å². The highest BCUT2D eigenvalue weighted by Gasteiger charge is 2.51. The lowest BCUT2D eigenvalue weighted by Gasteiger charge is -2.15. The third kappa shape index (κ3) is 2.29. The zero-order valence-electron chi connectivity index (χ0n) is 11.4. The molecular formula is C16H17NO3. The lowest BCUT2D eigenvalue weighted by atomic mass is 9.95. The third-order valence-corrected chi connectivity index (χ3v) is 3.83. The van der Waals surface area contributed by atoms with Crippen LogP contribution in [0.5, 0.6) is 5.75 Å². The van der Waals surface area contributed by atoms with Gasteiger partial charge in [0.15, 0.2) is 0 Å². The van der Waals surface area contributed by atoms with Gasteiger partial charge < -0.3 is 14.5 Å². The van der Waals surface area contributed by atoms with Crippen molar-refractivity contribution in [2.24, 2.45) is 0 Å². The number of methoxy groups -OCH3 is 1. The first kappa shape index (κ1) is 12.8. The van der Waals surface area contributed by atoms with Crippen molar-refractivity contribution in [3.8, 4) is 5.75 Å². The maximum absolute atomic E-state index is 12.4. The summed E-state index contributed by atoms with van der Waals surface area (Å²) in [5, 5.41) is 2.95. The van der Waals surface area contributed by atoms with Crippen LogP contribution in [0.2, 0.25) is 0 Å². The quantitative estimate of drug-likeness (QED) is 0.909. The van der Waals surface area contributed by atoms with E-state index < -0.39 is 0 Å². The van der Waals surface area contributed by atoms with E-state index in [4.69, 9.17) is 9.15 Å². The molecule has 0 bridgehead atoms. The highest BCUT2D eigenvalue weighted by molar-refractivity contribution is 5.91. The van der Waals surface area contributed by atoms with Crippen LogP contribution in [0.15, 0.2) is 47.1 Å². The number of hydrogen-bond acceptors (Lipinski definition) is 3. The summed E-state index contributed by atoms with van der Waals surface area (Å²) in [4.78, 5) is 12.4. The minimum absolute atomic E-state index is 0.0686. The highest BCUT2D eigenvalue weighted by atomic mass is 16.5. The normalized spacial score (nSPS) is 15.7. The van der Waals surface area contributed by atoms with Gasteiger partial charge in [-0.05, 0) is 42.7 Å². The van der Waals surface area contributed by atoms with Crippen LogP contribution in [0, 0.1) is 0 Å². The SMILES string of the molecule is COc1ccc(C2(C(=O)NCc3ccco3)CC2)cc1. The van der Waals surface area contributed by atoms with Gasteiger partial charge in [0.2, 0.25) is 5.91 Å². The first-order chi connectivity index (χ1) is 9.74. The highest BCUT2D eigenvalue weighted by Crippen LogP contribution is 2.48. The van der Waals surface area contributed by atoms with E-state index in [1.807, 2.05) is 36.4 Å². The van der Waals surface area contributed by atoms with Gasteiger partial charge in [-0.1, -0.05) is 12.1 Å². The van der Waals surface area contributed by atoms with Crippen LogP contribution in [0.4, 0.5) is 0 Å². The van der Waals surface area contributed by atoms with Crippen molar-refractivity contribution in [1.82, 2.24) is 5.32 Å². The van der Waals surface area contributed by atoms with Crippen LogP contribution in [0.25, 0.3) is 0 Å². The van der Waals surface area contributed by atoms with Gasteiger partial charge in [-0.15, -0.1) is 0 Å². The molecule has 20 heavy (non-hydrogen) atoms. The Morgan fingerprint density at radius 3 is 2.60 bits per heavy atom. The standard InChI is InChI=1S/C16H17NO3/c1-19-13-6-4-12(5-7-13)16(8-9-16)15(18)17-11-14-3-2-10-20-14/h2-7,10H,8-9,11H2,1H3,(H,17,18). The Morgan fingerprint density at radius 2 is 2.05 bits per heavy atom. The number of ether oxygens (including phenoxy) is 1. The van der Waals surface area contributed by atoms with Crippen molar-refractivity contribution in [1.29, 1.82) is 0 Å². The van der Waals surface area contributed by atoms with Crippen molar-refractivity contribution >= 4 is 5.91 Å². The van der Waals surface area contributed by atoms with Gasteiger partial charge in [0.25, 0.3) is 0 Å². The van der Waals surface area contributed by atoms with Crippen LogP contribution in [0.3, 0.4) is 0 Å². The Morgan fingerprint density at radius 1 is 1.30 bits per heavy atom. The molecule has 0 radical (unpaired) electrons. The first-order valence-corrected chi connectivity index (χ1v) is 6.70. The topological polar surface area (TPSA) is 51.5 Å². The third-order valence-electron chi connectivity index (χ3n) is 3.83. The fourth-order valence-electron chi connectivity index (χ4n) is 2.43. The average Bonchev–Trinajstić information content (AvgIpc) is 3.14. The second kappa shape index (κ2) is 5.04. The van der Waals surface area contributed by atoms with Crippen molar-refractivity contribution in [3.05, 3.63) is 54.0 Å². The van der Waals surface area contributed by atoms with E-state index in [2.05, 4.69) is 5.32 Å². The molecule has 0 aliphatic heterocycles. The number of carbonyl (C=O) groups is 1. The number of amides is 1. The lowest BCUT2D eigenvalue weighted by Crippen LogP contribution is -2.34. The van der Waals surface area contributed by atoms with E-state index in [1.54, 1.807) is 13.4 Å². The number of hydrogen-bond donors (Lipinski definition) is 1. The summed E-state index contributed by atoms with van der Waals surface area (Å²) in [5.41, 5.74) is 0.689. The summed E-state index contributed by atoms with van der Waals surface area (Å²) >= 11 is 0. The molecule has 1 fully saturated rings. The second-order valence-corrected chi connectivity index (χ2v) is 5.07. The van der Waals surface area contributed by atoms with Gasteiger partial charge in [-0.25, -0.2) is 0 Å². The van der Waals surface area contributed by atoms with Gasteiger partial charge in [-0.2, -0.15) is 0 Å². The molecule has 4 heteroatoms. The van der Waals surface area contributed by atoms with Crippen LogP contribution >= 0.6 is 0 Å². The second-order valence-electron chi connectivity index (χ2n) is 5.07. The molecule has 1 aromatic heterocycles. The number of furan rings is 1. The molecule has 1 amide bonds. The van der Waals surface area contributed by atoms with E-state index in [-0.39, 0.29) is 11.3 Å². The van der Waals surface area contributed by atoms with Gasteiger partial charge in [0.1, 0.15) is 11.5 Å². The predicted molar refractivity (Wildman–Crippen MR) is 74.5 cm³/mol. The molecule has 1 saturated carbocycles. The Hall–Kier alpha value is -2.23. The van der Waals surface area contributed by atoms with Gasteiger partial charge in [0, 0.05) is 0 Å². The lowest BCUT2D eigenvalue weighted by molar-refractivity contribution is -0.123. The maximum atomic E-state index is 12.4. The molecule has 0 unspecified atom stereocenters. The van der Waals surface area contributed by atoms with E-state index in [0.29, 0.717) is 6.54 Å². The average molecular weight is 271 g/mol. The van der Waals surface area contributed by atoms with E-state index in [1.165, 1.54) is 0 Å². The summed E-state index contributed by atoms with van der Waals surface area (Å²) in [5.74, 6) is 1.64. The zero-order valence-corrected chi connectivity index (χ0v) is 11.4. The number of benzene rings is 1. The fraction of sp³-hybridized carbons (Fsp3) is 0.312. The predicted octanol–water partition coefficient (Wildman–Crippen LogP) is 2.64. The number of rotatable bonds is 5. The van der Waals surface area contributed by atoms with Gasteiger partial charge >= 0.3 is 0 Å². The first-order valence-electron chi connectivity index (χ1n) is 6.70. The Labute approximate surface area is 117 Å². The van der Waals surface area contributed by atoms with E-state index in [0.717, 1.165) is 29.9 Å². The van der Waals surface area contributed by atoms with E-state index >= 15 is 0 Å².